The molecule has 0 radical (unpaired) electrons. The molecule has 0 unspecified atom stereocenters. The molecule has 104 valence electrons. The van der Waals surface area contributed by atoms with Crippen molar-refractivity contribution in [2.24, 2.45) is 5.16 Å². The second-order valence-electron chi connectivity index (χ2n) is 5.04. The van der Waals surface area contributed by atoms with Gasteiger partial charge in [0.25, 0.3) is 0 Å². The summed E-state index contributed by atoms with van der Waals surface area (Å²) >= 11 is 0. The molecule has 1 aromatic heterocycles. The fraction of sp³-hybridized carbons (Fsp3) is 0.375. The average Bonchev–Trinajstić information content (AvgIpc) is 2.87. The Morgan fingerprint density at radius 1 is 1.30 bits per heavy atom. The Hall–Kier alpha value is -2.10. The third kappa shape index (κ3) is 2.33. The van der Waals surface area contributed by atoms with Gasteiger partial charge in [0, 0.05) is 12.8 Å². The molecule has 0 bridgehead atoms. The van der Waals surface area contributed by atoms with Crippen molar-refractivity contribution in [1.82, 2.24) is 5.16 Å². The molecule has 0 fully saturated rings. The van der Waals surface area contributed by atoms with Crippen LogP contribution in [-0.2, 0) is 11.3 Å². The van der Waals surface area contributed by atoms with Crippen LogP contribution in [0.4, 0.5) is 0 Å². The van der Waals surface area contributed by atoms with Crippen molar-refractivity contribution in [3.05, 3.63) is 52.9 Å². The van der Waals surface area contributed by atoms with Crippen LogP contribution >= 0.6 is 0 Å². The highest BCUT2D eigenvalue weighted by molar-refractivity contribution is 6.03. The molecule has 1 aromatic carbocycles. The van der Waals surface area contributed by atoms with Gasteiger partial charge in [0.2, 0.25) is 0 Å². The summed E-state index contributed by atoms with van der Waals surface area (Å²) in [6.45, 7) is 4.45. The lowest BCUT2D eigenvalue weighted by molar-refractivity contribution is 0.158. The minimum absolute atomic E-state index is 0.371. The molecule has 20 heavy (non-hydrogen) atoms. The zero-order chi connectivity index (χ0) is 13.9. The summed E-state index contributed by atoms with van der Waals surface area (Å²) < 4.78 is 5.46. The largest absolute Gasteiger partial charge is 0.396 e. The molecule has 2 aromatic rings. The lowest BCUT2D eigenvalue weighted by atomic mass is 9.82. The van der Waals surface area contributed by atoms with Crippen molar-refractivity contribution >= 4 is 5.71 Å². The normalized spacial score (nSPS) is 19.9. The van der Waals surface area contributed by atoms with E-state index in [9.17, 15) is 0 Å². The molecule has 1 heterocycles. The molecule has 0 saturated heterocycles. The Bertz CT molecular complexity index is 617. The van der Waals surface area contributed by atoms with Crippen LogP contribution < -0.4 is 0 Å². The van der Waals surface area contributed by atoms with Crippen molar-refractivity contribution in [3.63, 3.8) is 0 Å². The molecule has 0 saturated carbocycles. The Morgan fingerprint density at radius 2 is 2.10 bits per heavy atom. The third-order valence-electron chi connectivity index (χ3n) is 3.67. The number of benzene rings is 1. The first kappa shape index (κ1) is 12.9. The summed E-state index contributed by atoms with van der Waals surface area (Å²) in [6.07, 6.45) is 1.73. The second kappa shape index (κ2) is 5.49. The molecule has 4 heteroatoms. The molecule has 0 amide bonds. The van der Waals surface area contributed by atoms with Gasteiger partial charge in [-0.2, -0.15) is 0 Å². The zero-order valence-electron chi connectivity index (χ0n) is 11.8. The van der Waals surface area contributed by atoms with Gasteiger partial charge in [-0.15, -0.1) is 0 Å². The molecule has 1 atom stereocenters. The van der Waals surface area contributed by atoms with E-state index in [-0.39, 0.29) is 0 Å². The Kier molecular flexibility index (Phi) is 3.54. The van der Waals surface area contributed by atoms with Crippen LogP contribution in [0.15, 0.2) is 40.0 Å². The average molecular weight is 270 g/mol. The Balaban J connectivity index is 1.97. The van der Waals surface area contributed by atoms with Gasteiger partial charge in [-0.25, -0.2) is 0 Å². The lowest BCUT2D eigenvalue weighted by Crippen LogP contribution is -2.19. The van der Waals surface area contributed by atoms with E-state index in [0.717, 1.165) is 35.6 Å². The van der Waals surface area contributed by atoms with Gasteiger partial charge >= 0.3 is 0 Å². The van der Waals surface area contributed by atoms with Crippen LogP contribution in [0, 0.1) is 6.92 Å². The number of fused-ring (bicyclic) bond motifs is 1. The summed E-state index contributed by atoms with van der Waals surface area (Å²) in [6, 6.07) is 10.5. The molecule has 0 N–H and O–H groups in total. The van der Waals surface area contributed by atoms with Gasteiger partial charge in [0.1, 0.15) is 12.4 Å². The molecular weight excluding hydrogens is 252 g/mol. The van der Waals surface area contributed by atoms with Crippen molar-refractivity contribution in [1.29, 1.82) is 0 Å². The topological polar surface area (TPSA) is 47.6 Å². The van der Waals surface area contributed by atoms with E-state index in [1.54, 1.807) is 0 Å². The van der Waals surface area contributed by atoms with E-state index in [2.05, 4.69) is 34.6 Å². The SMILES string of the molecule is CCO/N=C1\C[C@@H](c2ccccc2)Cc2onc(C)c21. The van der Waals surface area contributed by atoms with Crippen molar-refractivity contribution in [2.45, 2.75) is 32.6 Å². The zero-order valence-corrected chi connectivity index (χ0v) is 11.8. The number of aromatic nitrogens is 1. The van der Waals surface area contributed by atoms with Crippen molar-refractivity contribution in [3.8, 4) is 0 Å². The summed E-state index contributed by atoms with van der Waals surface area (Å²) in [5, 5.41) is 8.34. The van der Waals surface area contributed by atoms with E-state index in [1.807, 2.05) is 19.9 Å². The summed E-state index contributed by atoms with van der Waals surface area (Å²) in [5.41, 5.74) is 4.17. The van der Waals surface area contributed by atoms with Gasteiger partial charge in [0.15, 0.2) is 0 Å². The predicted molar refractivity (Wildman–Crippen MR) is 76.9 cm³/mol. The predicted octanol–water partition coefficient (Wildman–Crippen LogP) is 3.45. The molecule has 0 spiro atoms. The van der Waals surface area contributed by atoms with Gasteiger partial charge in [-0.1, -0.05) is 40.6 Å². The van der Waals surface area contributed by atoms with E-state index in [4.69, 9.17) is 9.36 Å². The minimum Gasteiger partial charge on any atom is -0.396 e. The standard InChI is InChI=1S/C16H18N2O2/c1-3-19-18-14-9-13(12-7-5-4-6-8-12)10-15-16(14)11(2)17-20-15/h4-8,13H,3,9-10H2,1-2H3/b18-14+/t13-/m1/s1. The van der Waals surface area contributed by atoms with Gasteiger partial charge in [0.05, 0.1) is 17.0 Å². The maximum atomic E-state index is 5.46. The van der Waals surface area contributed by atoms with Gasteiger partial charge in [-0.05, 0) is 25.3 Å². The fourth-order valence-electron chi connectivity index (χ4n) is 2.74. The van der Waals surface area contributed by atoms with E-state index < -0.39 is 0 Å². The van der Waals surface area contributed by atoms with E-state index in [0.29, 0.717) is 12.5 Å². The molecule has 0 aliphatic heterocycles. The monoisotopic (exact) mass is 270 g/mol. The summed E-state index contributed by atoms with van der Waals surface area (Å²) in [5.74, 6) is 1.29. The maximum absolute atomic E-state index is 5.46. The molecule has 1 aliphatic rings. The van der Waals surface area contributed by atoms with E-state index >= 15 is 0 Å². The number of nitrogens with zero attached hydrogens (tertiary/aromatic N) is 2. The minimum atomic E-state index is 0.371. The number of aryl methyl sites for hydroxylation is 1. The van der Waals surface area contributed by atoms with Crippen LogP contribution in [-0.4, -0.2) is 17.5 Å². The van der Waals surface area contributed by atoms with Crippen LogP contribution in [0.3, 0.4) is 0 Å². The maximum Gasteiger partial charge on any atom is 0.146 e. The second-order valence-corrected chi connectivity index (χ2v) is 5.04. The lowest BCUT2D eigenvalue weighted by Gasteiger charge is -2.22. The number of oxime groups is 1. The first-order chi connectivity index (χ1) is 9.79. The quantitative estimate of drug-likeness (QED) is 0.802. The van der Waals surface area contributed by atoms with Crippen LogP contribution in [0.25, 0.3) is 0 Å². The smallest absolute Gasteiger partial charge is 0.146 e. The van der Waals surface area contributed by atoms with Gasteiger partial charge < -0.3 is 9.36 Å². The van der Waals surface area contributed by atoms with Crippen LogP contribution in [0.1, 0.15) is 41.8 Å². The van der Waals surface area contributed by atoms with Gasteiger partial charge in [-0.3, -0.25) is 0 Å². The molecule has 3 rings (SSSR count). The highest BCUT2D eigenvalue weighted by atomic mass is 16.6. The summed E-state index contributed by atoms with van der Waals surface area (Å²) in [4.78, 5) is 5.26. The molecule has 1 aliphatic carbocycles. The number of hydrogen-bond acceptors (Lipinski definition) is 4. The van der Waals surface area contributed by atoms with E-state index in [1.165, 1.54) is 5.56 Å². The highest BCUT2D eigenvalue weighted by Crippen LogP contribution is 2.34. The summed E-state index contributed by atoms with van der Waals surface area (Å²) in [7, 11) is 0. The van der Waals surface area contributed by atoms with Crippen LogP contribution in [0.5, 0.6) is 0 Å². The van der Waals surface area contributed by atoms with Crippen molar-refractivity contribution < 1.29 is 9.36 Å². The van der Waals surface area contributed by atoms with Crippen molar-refractivity contribution in [2.75, 3.05) is 6.61 Å². The fourth-order valence-corrected chi connectivity index (χ4v) is 2.74. The Labute approximate surface area is 118 Å². The highest BCUT2D eigenvalue weighted by Gasteiger charge is 2.30. The first-order valence-electron chi connectivity index (χ1n) is 6.99. The molecular formula is C16H18N2O2. The first-order valence-corrected chi connectivity index (χ1v) is 6.99. The molecule has 4 nitrogen and oxygen atoms in total. The third-order valence-corrected chi connectivity index (χ3v) is 3.67. The number of rotatable bonds is 3. The van der Waals surface area contributed by atoms with Crippen LogP contribution in [0.2, 0.25) is 0 Å². The Morgan fingerprint density at radius 3 is 2.85 bits per heavy atom. The number of hydrogen-bond donors (Lipinski definition) is 0.